The number of amides is 4. The van der Waals surface area contributed by atoms with Crippen molar-refractivity contribution in [3.05, 3.63) is 129 Å². The van der Waals surface area contributed by atoms with E-state index in [1.807, 2.05) is 0 Å². The van der Waals surface area contributed by atoms with Crippen LogP contribution in [0.3, 0.4) is 0 Å². The number of fused-ring (bicyclic) bond motifs is 4. The number of hydrazine groups is 1. The Morgan fingerprint density at radius 2 is 1.61 bits per heavy atom. The Labute approximate surface area is 326 Å². The van der Waals surface area contributed by atoms with Crippen LogP contribution < -0.4 is 5.43 Å². The van der Waals surface area contributed by atoms with Crippen molar-refractivity contribution in [2.45, 2.75) is 36.8 Å². The Hall–Kier alpha value is -5.47. The number of carbonyl (C=O) groups is 4. The number of pyridine rings is 1. The number of hydrogen-bond acceptors (Lipinski definition) is 8. The van der Waals surface area contributed by atoms with Gasteiger partial charge in [0, 0.05) is 23.7 Å². The van der Waals surface area contributed by atoms with Crippen LogP contribution in [0, 0.1) is 29.5 Å². The molecule has 3 fully saturated rings. The molecular formula is C40H30Cl2F4N4O6. The lowest BCUT2D eigenvalue weighted by atomic mass is 9.49. The summed E-state index contributed by atoms with van der Waals surface area (Å²) in [6, 6.07) is 16.7. The molecule has 3 N–H and O–H groups in total. The van der Waals surface area contributed by atoms with Crippen molar-refractivity contribution < 1.29 is 47.0 Å². The number of rotatable bonds is 7. The van der Waals surface area contributed by atoms with Gasteiger partial charge in [-0.2, -0.15) is 18.2 Å². The van der Waals surface area contributed by atoms with Gasteiger partial charge >= 0.3 is 6.18 Å². The first kappa shape index (κ1) is 37.5. The highest BCUT2D eigenvalue weighted by Crippen LogP contribution is 2.64. The number of phenolic OH excluding ortho intramolecular Hbond substituents is 2. The molecule has 1 saturated carbocycles. The molecule has 3 heterocycles. The molecule has 288 valence electrons. The van der Waals surface area contributed by atoms with Crippen LogP contribution in [-0.4, -0.2) is 55.3 Å². The number of likely N-dealkylation sites (tertiary alicyclic amines) is 1. The number of halogens is 6. The lowest BCUT2D eigenvalue weighted by Crippen LogP contribution is -2.53. The molecule has 16 heteroatoms. The second kappa shape index (κ2) is 13.6. The van der Waals surface area contributed by atoms with Gasteiger partial charge in [-0.05, 0) is 84.3 Å². The Kier molecular flexibility index (Phi) is 9.11. The molecule has 1 aromatic heterocycles. The minimum atomic E-state index is -4.78. The lowest BCUT2D eigenvalue weighted by Gasteiger charge is -2.50. The molecule has 6 unspecified atom stereocenters. The number of aromatic hydroxyl groups is 2. The van der Waals surface area contributed by atoms with E-state index in [1.165, 1.54) is 35.2 Å². The van der Waals surface area contributed by atoms with E-state index in [4.69, 9.17) is 23.2 Å². The second-order valence-corrected chi connectivity index (χ2v) is 15.2. The van der Waals surface area contributed by atoms with E-state index in [9.17, 15) is 37.8 Å². The molecule has 2 aliphatic heterocycles. The van der Waals surface area contributed by atoms with Crippen LogP contribution in [0.2, 0.25) is 10.0 Å². The summed E-state index contributed by atoms with van der Waals surface area (Å²) in [5.41, 5.74) is 1.29. The number of aromatic nitrogens is 1. The molecule has 8 rings (SSSR count). The van der Waals surface area contributed by atoms with E-state index in [1.54, 1.807) is 30.3 Å². The van der Waals surface area contributed by atoms with Gasteiger partial charge in [-0.1, -0.05) is 65.2 Å². The van der Waals surface area contributed by atoms with Gasteiger partial charge in [0.25, 0.3) is 11.8 Å². The summed E-state index contributed by atoms with van der Waals surface area (Å²) in [6.45, 7) is 0.0538. The van der Waals surface area contributed by atoms with E-state index in [0.29, 0.717) is 39.9 Å². The molecule has 0 radical (unpaired) electrons. The zero-order chi connectivity index (χ0) is 39.8. The van der Waals surface area contributed by atoms with Gasteiger partial charge in [0.1, 0.15) is 5.75 Å². The summed E-state index contributed by atoms with van der Waals surface area (Å²) in [4.78, 5) is 63.1. The Morgan fingerprint density at radius 3 is 2.27 bits per heavy atom. The smallest absolute Gasteiger partial charge is 0.417 e. The highest BCUT2D eigenvalue weighted by molar-refractivity contribution is 6.33. The molecule has 0 bridgehead atoms. The fraction of sp³-hybridized carbons (Fsp3) is 0.275. The molecule has 2 aliphatic carbocycles. The number of allylic oxidation sites excluding steroid dienone is 2. The van der Waals surface area contributed by atoms with E-state index in [2.05, 4.69) is 10.4 Å². The number of phenols is 2. The summed E-state index contributed by atoms with van der Waals surface area (Å²) >= 11 is 12.5. The number of carbonyl (C=O) groups excluding carboxylic acids is 4. The fourth-order valence-electron chi connectivity index (χ4n) is 9.05. The standard InChI is InChI=1S/C40H30Cl2F4N4O6/c41-23-6-4-21(5-7-23)39-28(36(54)50(38(39)56)48-34-29(42)16-22(18-47-34)40(44,45)46)17-27-25(33(39)20-3-12-31(52)30(43)15-20)10-11-26-32(27)37(55)49(35(26)53)14-13-19-1-8-24(51)9-2-19/h1-10,12,15-16,18,26-28,32-33,51-52H,11,13-14,17H2,(H,47,48). The average Bonchev–Trinajstić information content (AvgIpc) is 3.53. The highest BCUT2D eigenvalue weighted by atomic mass is 35.5. The maximum atomic E-state index is 15.3. The van der Waals surface area contributed by atoms with Crippen molar-refractivity contribution in [2.24, 2.45) is 23.7 Å². The predicted molar refractivity (Wildman–Crippen MR) is 193 cm³/mol. The van der Waals surface area contributed by atoms with Crippen LogP contribution in [0.15, 0.2) is 90.6 Å². The van der Waals surface area contributed by atoms with Crippen molar-refractivity contribution >= 4 is 52.6 Å². The van der Waals surface area contributed by atoms with Gasteiger partial charge in [0.15, 0.2) is 17.4 Å². The normalized spacial score (nSPS) is 25.9. The van der Waals surface area contributed by atoms with E-state index in [0.717, 1.165) is 17.7 Å². The zero-order valence-corrected chi connectivity index (χ0v) is 30.4. The Morgan fingerprint density at radius 1 is 0.893 bits per heavy atom. The van der Waals surface area contributed by atoms with Gasteiger partial charge in [0.2, 0.25) is 11.8 Å². The van der Waals surface area contributed by atoms with Crippen molar-refractivity contribution in [3.8, 4) is 11.5 Å². The topological polar surface area (TPSA) is 140 Å². The van der Waals surface area contributed by atoms with Crippen molar-refractivity contribution in [3.63, 3.8) is 0 Å². The maximum absolute atomic E-state index is 15.3. The van der Waals surface area contributed by atoms with Gasteiger partial charge < -0.3 is 10.2 Å². The average molecular weight is 810 g/mol. The highest BCUT2D eigenvalue weighted by Gasteiger charge is 2.70. The Bertz CT molecular complexity index is 2340. The van der Waals surface area contributed by atoms with Crippen molar-refractivity contribution in [1.82, 2.24) is 14.9 Å². The van der Waals surface area contributed by atoms with Gasteiger partial charge in [0.05, 0.1) is 33.8 Å². The van der Waals surface area contributed by atoms with Crippen molar-refractivity contribution in [1.29, 1.82) is 0 Å². The lowest BCUT2D eigenvalue weighted by molar-refractivity contribution is -0.141. The molecule has 4 aromatic rings. The second-order valence-electron chi connectivity index (χ2n) is 14.4. The van der Waals surface area contributed by atoms with Crippen molar-refractivity contribution in [2.75, 3.05) is 12.0 Å². The van der Waals surface area contributed by atoms with Crippen LogP contribution in [0.25, 0.3) is 0 Å². The third-order valence-corrected chi connectivity index (χ3v) is 12.1. The molecule has 4 amide bonds. The van der Waals surface area contributed by atoms with E-state index in [-0.39, 0.29) is 30.7 Å². The number of imide groups is 2. The predicted octanol–water partition coefficient (Wildman–Crippen LogP) is 7.19. The minimum Gasteiger partial charge on any atom is -0.508 e. The first-order chi connectivity index (χ1) is 26.6. The van der Waals surface area contributed by atoms with Crippen LogP contribution >= 0.6 is 23.2 Å². The van der Waals surface area contributed by atoms with Crippen LogP contribution in [0.5, 0.6) is 11.5 Å². The number of benzene rings is 3. The number of nitrogens with zero attached hydrogens (tertiary/aromatic N) is 3. The summed E-state index contributed by atoms with van der Waals surface area (Å²) < 4.78 is 55.7. The monoisotopic (exact) mass is 808 g/mol. The number of hydrogen-bond donors (Lipinski definition) is 3. The number of anilines is 1. The number of nitrogens with one attached hydrogen (secondary N) is 1. The van der Waals surface area contributed by atoms with Crippen LogP contribution in [-0.2, 0) is 37.2 Å². The first-order valence-corrected chi connectivity index (χ1v) is 18.3. The SMILES string of the molecule is O=C1C2CC=C3C(CC4C(=O)N(Nc5ncc(C(F)(F)F)cc5Cl)C(=O)C4(c4ccc(Cl)cc4)C3c3ccc(O)c(F)c3)C2C(=O)N1CCc1ccc(O)cc1. The molecule has 0 spiro atoms. The summed E-state index contributed by atoms with van der Waals surface area (Å²) in [7, 11) is 0. The first-order valence-electron chi connectivity index (χ1n) is 17.6. The third-order valence-electron chi connectivity index (χ3n) is 11.5. The summed E-state index contributed by atoms with van der Waals surface area (Å²) in [6.07, 6.45) is -2.21. The zero-order valence-electron chi connectivity index (χ0n) is 28.9. The number of alkyl halides is 3. The molecule has 6 atom stereocenters. The molecule has 56 heavy (non-hydrogen) atoms. The Balaban J connectivity index is 1.25. The molecular weight excluding hydrogens is 779 g/mol. The fourth-order valence-corrected chi connectivity index (χ4v) is 9.38. The van der Waals surface area contributed by atoms with E-state index < -0.39 is 92.8 Å². The van der Waals surface area contributed by atoms with Gasteiger partial charge in [-0.25, -0.2) is 9.37 Å². The van der Waals surface area contributed by atoms with Crippen LogP contribution in [0.4, 0.5) is 23.4 Å². The molecule has 2 saturated heterocycles. The summed E-state index contributed by atoms with van der Waals surface area (Å²) in [5, 5.41) is 20.3. The molecule has 4 aliphatic rings. The largest absolute Gasteiger partial charge is 0.508 e. The third kappa shape index (κ3) is 5.88. The quantitative estimate of drug-likeness (QED) is 0.101. The minimum absolute atomic E-state index is 0.0538. The summed E-state index contributed by atoms with van der Waals surface area (Å²) in [5.74, 6) is -9.54. The maximum Gasteiger partial charge on any atom is 0.417 e. The van der Waals surface area contributed by atoms with Gasteiger partial charge in [-0.15, -0.1) is 0 Å². The molecule has 10 nitrogen and oxygen atoms in total. The van der Waals surface area contributed by atoms with Crippen LogP contribution in [0.1, 0.15) is 41.0 Å². The van der Waals surface area contributed by atoms with Gasteiger partial charge in [-0.3, -0.25) is 29.5 Å². The molecule has 3 aromatic carbocycles. The van der Waals surface area contributed by atoms with E-state index >= 15 is 9.18 Å².